The highest BCUT2D eigenvalue weighted by Crippen LogP contribution is 2.12. The summed E-state index contributed by atoms with van der Waals surface area (Å²) >= 11 is 0. The van der Waals surface area contributed by atoms with Gasteiger partial charge in [-0.15, -0.1) is 0 Å². The van der Waals surface area contributed by atoms with Crippen molar-refractivity contribution in [1.82, 2.24) is 9.78 Å². The molecule has 7 nitrogen and oxygen atoms in total. The number of aromatic nitrogens is 2. The number of hydrogen-bond acceptors (Lipinski definition) is 6. The number of carbonyl (C=O) groups is 2. The van der Waals surface area contributed by atoms with Gasteiger partial charge in [-0.25, -0.2) is 4.79 Å². The van der Waals surface area contributed by atoms with Gasteiger partial charge in [-0.2, -0.15) is 5.10 Å². The van der Waals surface area contributed by atoms with E-state index in [9.17, 15) is 9.59 Å². The van der Waals surface area contributed by atoms with Crippen LogP contribution in [-0.4, -0.2) is 34.9 Å². The lowest BCUT2D eigenvalue weighted by Gasteiger charge is -2.02. The number of esters is 2. The van der Waals surface area contributed by atoms with Gasteiger partial charge in [-0.1, -0.05) is 6.42 Å². The Hall–Kier alpha value is -2.05. The smallest absolute Gasteiger partial charge is 0.361 e. The van der Waals surface area contributed by atoms with Crippen molar-refractivity contribution in [3.63, 3.8) is 0 Å². The second-order valence-corrected chi connectivity index (χ2v) is 4.53. The zero-order valence-electron chi connectivity index (χ0n) is 12.6. The first kappa shape index (κ1) is 17.0. The molecule has 1 heterocycles. The summed E-state index contributed by atoms with van der Waals surface area (Å²) in [6.07, 6.45) is 4.57. The molecule has 0 amide bonds. The fourth-order valence-electron chi connectivity index (χ4n) is 1.86. The monoisotopic (exact) mass is 297 g/mol. The molecule has 1 rings (SSSR count). The van der Waals surface area contributed by atoms with Crippen molar-refractivity contribution < 1.29 is 19.1 Å². The summed E-state index contributed by atoms with van der Waals surface area (Å²) in [6, 6.07) is 0. The Morgan fingerprint density at radius 1 is 1.19 bits per heavy atom. The highest BCUT2D eigenvalue weighted by Gasteiger charge is 2.15. The van der Waals surface area contributed by atoms with Crippen LogP contribution in [0.4, 0.5) is 5.69 Å². The first-order valence-electron chi connectivity index (χ1n) is 7.24. The molecule has 7 heteroatoms. The zero-order valence-corrected chi connectivity index (χ0v) is 12.6. The van der Waals surface area contributed by atoms with E-state index in [-0.39, 0.29) is 11.7 Å². The van der Waals surface area contributed by atoms with Gasteiger partial charge in [0.1, 0.15) is 0 Å². The van der Waals surface area contributed by atoms with E-state index in [2.05, 4.69) is 5.10 Å². The summed E-state index contributed by atoms with van der Waals surface area (Å²) in [5.74, 6) is -0.665. The average molecular weight is 297 g/mol. The van der Waals surface area contributed by atoms with Gasteiger partial charge in [0.25, 0.3) is 0 Å². The molecule has 118 valence electrons. The van der Waals surface area contributed by atoms with Crippen LogP contribution < -0.4 is 5.73 Å². The molecule has 0 radical (unpaired) electrons. The number of nitrogens with zero attached hydrogens (tertiary/aromatic N) is 2. The van der Waals surface area contributed by atoms with Crippen molar-refractivity contribution in [2.75, 3.05) is 18.9 Å². The number of rotatable bonds is 9. The molecular formula is C14H23N3O4. The summed E-state index contributed by atoms with van der Waals surface area (Å²) in [5.41, 5.74) is 6.21. The normalized spacial score (nSPS) is 10.4. The molecule has 0 unspecified atom stereocenters. The van der Waals surface area contributed by atoms with Gasteiger partial charge in [0, 0.05) is 19.2 Å². The average Bonchev–Trinajstić information content (AvgIpc) is 2.80. The van der Waals surface area contributed by atoms with E-state index in [0.29, 0.717) is 31.9 Å². The van der Waals surface area contributed by atoms with Gasteiger partial charge < -0.3 is 15.2 Å². The van der Waals surface area contributed by atoms with Crippen LogP contribution in [0.15, 0.2) is 6.20 Å². The van der Waals surface area contributed by atoms with Crippen molar-refractivity contribution in [3.8, 4) is 0 Å². The highest BCUT2D eigenvalue weighted by atomic mass is 16.5. The van der Waals surface area contributed by atoms with E-state index < -0.39 is 5.97 Å². The van der Waals surface area contributed by atoms with E-state index >= 15 is 0 Å². The van der Waals surface area contributed by atoms with E-state index in [4.69, 9.17) is 15.2 Å². The Kier molecular flexibility index (Phi) is 7.28. The second kappa shape index (κ2) is 8.99. The molecule has 1 aromatic rings. The topological polar surface area (TPSA) is 96.4 Å². The third kappa shape index (κ3) is 5.85. The number of aryl methyl sites for hydroxylation is 1. The molecule has 0 saturated heterocycles. The quantitative estimate of drug-likeness (QED) is 0.551. The van der Waals surface area contributed by atoms with E-state index in [1.807, 2.05) is 0 Å². The Morgan fingerprint density at radius 2 is 1.90 bits per heavy atom. The predicted octanol–water partition coefficient (Wildman–Crippen LogP) is 1.77. The lowest BCUT2D eigenvalue weighted by Crippen LogP contribution is -2.09. The number of ether oxygens (including phenoxy) is 2. The van der Waals surface area contributed by atoms with E-state index in [1.54, 1.807) is 24.7 Å². The van der Waals surface area contributed by atoms with Gasteiger partial charge in [0.15, 0.2) is 5.69 Å². The van der Waals surface area contributed by atoms with Crippen molar-refractivity contribution in [2.45, 2.75) is 46.1 Å². The summed E-state index contributed by atoms with van der Waals surface area (Å²) in [7, 11) is 0. The minimum absolute atomic E-state index is 0.156. The Balaban J connectivity index is 2.31. The molecule has 0 bridgehead atoms. The summed E-state index contributed by atoms with van der Waals surface area (Å²) in [5, 5.41) is 4.12. The standard InChI is InChI=1S/C14H23N3O4/c1-3-20-12(18)8-6-5-7-9-17-10-11(15)13(16-17)14(19)21-4-2/h10H,3-9,15H2,1-2H3. The summed E-state index contributed by atoms with van der Waals surface area (Å²) < 4.78 is 11.3. The molecule has 21 heavy (non-hydrogen) atoms. The molecule has 1 aromatic heterocycles. The largest absolute Gasteiger partial charge is 0.466 e. The number of hydrogen-bond donors (Lipinski definition) is 1. The maximum atomic E-state index is 11.6. The zero-order chi connectivity index (χ0) is 15.7. The van der Waals surface area contributed by atoms with Gasteiger partial charge >= 0.3 is 11.9 Å². The Labute approximate surface area is 124 Å². The first-order valence-corrected chi connectivity index (χ1v) is 7.24. The molecule has 0 spiro atoms. The first-order chi connectivity index (χ1) is 10.1. The van der Waals surface area contributed by atoms with Crippen LogP contribution in [0.2, 0.25) is 0 Å². The van der Waals surface area contributed by atoms with E-state index in [0.717, 1.165) is 19.3 Å². The van der Waals surface area contributed by atoms with Crippen molar-refractivity contribution in [3.05, 3.63) is 11.9 Å². The molecule has 0 aliphatic carbocycles. The maximum absolute atomic E-state index is 11.6. The van der Waals surface area contributed by atoms with Crippen LogP contribution in [0.5, 0.6) is 0 Å². The lowest BCUT2D eigenvalue weighted by atomic mass is 10.2. The van der Waals surface area contributed by atoms with Crippen molar-refractivity contribution >= 4 is 17.6 Å². The molecule has 2 N–H and O–H groups in total. The maximum Gasteiger partial charge on any atom is 0.361 e. The van der Waals surface area contributed by atoms with Gasteiger partial charge in [-0.3, -0.25) is 9.48 Å². The lowest BCUT2D eigenvalue weighted by molar-refractivity contribution is -0.143. The SMILES string of the molecule is CCOC(=O)CCCCCn1cc(N)c(C(=O)OCC)n1. The van der Waals surface area contributed by atoms with Crippen LogP contribution in [0.25, 0.3) is 0 Å². The number of carbonyl (C=O) groups excluding carboxylic acids is 2. The molecular weight excluding hydrogens is 274 g/mol. The molecule has 0 aliphatic rings. The third-order valence-corrected chi connectivity index (χ3v) is 2.83. The van der Waals surface area contributed by atoms with E-state index in [1.165, 1.54) is 0 Å². The van der Waals surface area contributed by atoms with Crippen LogP contribution >= 0.6 is 0 Å². The summed E-state index contributed by atoms with van der Waals surface area (Å²) in [4.78, 5) is 22.7. The van der Waals surface area contributed by atoms with Gasteiger partial charge in [0.05, 0.1) is 18.9 Å². The molecule has 0 atom stereocenters. The number of nitrogen functional groups attached to an aromatic ring is 1. The predicted molar refractivity (Wildman–Crippen MR) is 77.7 cm³/mol. The second-order valence-electron chi connectivity index (χ2n) is 4.53. The van der Waals surface area contributed by atoms with Crippen LogP contribution in [0.1, 0.15) is 50.0 Å². The minimum atomic E-state index is -0.504. The number of unbranched alkanes of at least 4 members (excludes halogenated alkanes) is 2. The molecule has 0 saturated carbocycles. The Bertz CT molecular complexity index is 471. The van der Waals surface area contributed by atoms with Crippen LogP contribution in [0.3, 0.4) is 0 Å². The molecule has 0 aromatic carbocycles. The minimum Gasteiger partial charge on any atom is -0.466 e. The van der Waals surface area contributed by atoms with Gasteiger partial charge in [0.2, 0.25) is 0 Å². The fourth-order valence-corrected chi connectivity index (χ4v) is 1.86. The molecule has 0 aliphatic heterocycles. The van der Waals surface area contributed by atoms with Crippen molar-refractivity contribution in [1.29, 1.82) is 0 Å². The van der Waals surface area contributed by atoms with Crippen LogP contribution in [0, 0.1) is 0 Å². The number of nitrogens with two attached hydrogens (primary N) is 1. The molecule has 0 fully saturated rings. The van der Waals surface area contributed by atoms with Gasteiger partial charge in [-0.05, 0) is 26.7 Å². The highest BCUT2D eigenvalue weighted by molar-refractivity contribution is 5.92. The van der Waals surface area contributed by atoms with Crippen molar-refractivity contribution in [2.24, 2.45) is 0 Å². The Morgan fingerprint density at radius 3 is 2.57 bits per heavy atom. The summed E-state index contributed by atoms with van der Waals surface area (Å²) in [6.45, 7) is 4.88. The van der Waals surface area contributed by atoms with Crippen LogP contribution in [-0.2, 0) is 20.8 Å². The third-order valence-electron chi connectivity index (χ3n) is 2.83. The number of anilines is 1. The fraction of sp³-hybridized carbons (Fsp3) is 0.643.